The summed E-state index contributed by atoms with van der Waals surface area (Å²) in [7, 11) is 0. The van der Waals surface area contributed by atoms with E-state index in [4.69, 9.17) is 4.42 Å². The Labute approximate surface area is 328 Å². The van der Waals surface area contributed by atoms with E-state index in [0.717, 1.165) is 61.0 Å². The molecule has 57 heavy (non-hydrogen) atoms. The fourth-order valence-corrected chi connectivity index (χ4v) is 9.23. The molecule has 3 nitrogen and oxygen atoms in total. The highest BCUT2D eigenvalue weighted by Crippen LogP contribution is 2.46. The quantitative estimate of drug-likeness (QED) is 0.165. The van der Waals surface area contributed by atoms with Crippen molar-refractivity contribution in [3.8, 4) is 16.8 Å². The maximum absolute atomic E-state index is 6.68. The van der Waals surface area contributed by atoms with Gasteiger partial charge in [-0.05, 0) is 105 Å². The molecule has 12 aromatic rings. The molecule has 10 aromatic carbocycles. The number of benzene rings is 10. The molecule has 0 amide bonds. The zero-order valence-corrected chi connectivity index (χ0v) is 30.9. The van der Waals surface area contributed by atoms with Crippen LogP contribution in [0.15, 0.2) is 211 Å². The van der Waals surface area contributed by atoms with Crippen LogP contribution in [-0.4, -0.2) is 4.57 Å². The van der Waals surface area contributed by atoms with Gasteiger partial charge in [0.1, 0.15) is 11.2 Å². The first kappa shape index (κ1) is 31.7. The van der Waals surface area contributed by atoms with Gasteiger partial charge in [0, 0.05) is 49.9 Å². The molecule has 0 radical (unpaired) electrons. The van der Waals surface area contributed by atoms with Crippen molar-refractivity contribution in [2.24, 2.45) is 0 Å². The van der Waals surface area contributed by atoms with Gasteiger partial charge >= 0.3 is 0 Å². The topological polar surface area (TPSA) is 21.3 Å². The lowest BCUT2D eigenvalue weighted by Crippen LogP contribution is -2.09. The Morgan fingerprint density at radius 3 is 1.86 bits per heavy atom. The minimum Gasteiger partial charge on any atom is -0.456 e. The summed E-state index contributed by atoms with van der Waals surface area (Å²) in [5, 5.41) is 12.0. The number of hydrogen-bond acceptors (Lipinski definition) is 2. The molecular formula is C54H34N2O. The Hall–Kier alpha value is -7.62. The number of aromatic nitrogens is 1. The van der Waals surface area contributed by atoms with Crippen molar-refractivity contribution in [1.29, 1.82) is 0 Å². The zero-order chi connectivity index (χ0) is 37.5. The number of rotatable bonds is 5. The number of fused-ring (bicyclic) bond motifs is 11. The molecule has 0 aliphatic heterocycles. The molecule has 0 saturated heterocycles. The molecular weight excluding hydrogens is 693 g/mol. The lowest BCUT2D eigenvalue weighted by Gasteiger charge is -2.26. The smallest absolute Gasteiger partial charge is 0.136 e. The predicted molar refractivity (Wildman–Crippen MR) is 241 cm³/mol. The predicted octanol–water partition coefficient (Wildman–Crippen LogP) is 15.3. The number of anilines is 3. The van der Waals surface area contributed by atoms with E-state index in [9.17, 15) is 0 Å². The number of furan rings is 1. The number of hydrogen-bond donors (Lipinski definition) is 0. The molecule has 3 heteroatoms. The highest BCUT2D eigenvalue weighted by molar-refractivity contribution is 6.25. The van der Waals surface area contributed by atoms with Crippen LogP contribution in [0.25, 0.3) is 92.9 Å². The first-order valence-corrected chi connectivity index (χ1v) is 19.5. The fraction of sp³-hybridized carbons (Fsp3) is 0. The molecule has 0 fully saturated rings. The molecule has 0 aliphatic carbocycles. The van der Waals surface area contributed by atoms with Gasteiger partial charge in [0.15, 0.2) is 0 Å². The highest BCUT2D eigenvalue weighted by atomic mass is 16.3. The summed E-state index contributed by atoms with van der Waals surface area (Å²) in [6, 6.07) is 74.4. The SMILES string of the molecule is c1ccc(N(c2ccc3c(ccc4oc5cccc(-c6cccc7c8ccccc8n(-c8ccccc8)c67)c5c43)c2)c2ccc3ccc4ccccc4c3c2)cc1. The van der Waals surface area contributed by atoms with Crippen LogP contribution in [0.1, 0.15) is 0 Å². The minimum absolute atomic E-state index is 0.882. The van der Waals surface area contributed by atoms with E-state index in [0.29, 0.717) is 0 Å². The monoisotopic (exact) mass is 726 g/mol. The van der Waals surface area contributed by atoms with E-state index in [2.05, 4.69) is 216 Å². The maximum atomic E-state index is 6.68. The summed E-state index contributed by atoms with van der Waals surface area (Å²) in [6.07, 6.45) is 0. The summed E-state index contributed by atoms with van der Waals surface area (Å²) < 4.78 is 9.10. The average Bonchev–Trinajstić information content (AvgIpc) is 3.84. The lowest BCUT2D eigenvalue weighted by atomic mass is 9.95. The van der Waals surface area contributed by atoms with Crippen LogP contribution in [0.2, 0.25) is 0 Å². The van der Waals surface area contributed by atoms with Crippen LogP contribution in [-0.2, 0) is 0 Å². The Morgan fingerprint density at radius 1 is 0.351 bits per heavy atom. The molecule has 0 aliphatic rings. The van der Waals surface area contributed by atoms with Gasteiger partial charge in [-0.3, -0.25) is 0 Å². The van der Waals surface area contributed by atoms with E-state index in [1.807, 2.05) is 0 Å². The number of nitrogens with zero attached hydrogens (tertiary/aromatic N) is 2. The second-order valence-electron chi connectivity index (χ2n) is 14.9. The summed E-state index contributed by atoms with van der Waals surface area (Å²) in [5.74, 6) is 0. The normalized spacial score (nSPS) is 11.9. The van der Waals surface area contributed by atoms with E-state index in [1.165, 1.54) is 48.9 Å². The van der Waals surface area contributed by atoms with Gasteiger partial charge in [-0.2, -0.15) is 0 Å². The van der Waals surface area contributed by atoms with E-state index >= 15 is 0 Å². The summed E-state index contributed by atoms with van der Waals surface area (Å²) in [5.41, 5.74) is 10.9. The average molecular weight is 727 g/mol. The van der Waals surface area contributed by atoms with Crippen LogP contribution < -0.4 is 4.90 Å². The van der Waals surface area contributed by atoms with Crippen LogP contribution >= 0.6 is 0 Å². The zero-order valence-electron chi connectivity index (χ0n) is 30.9. The van der Waals surface area contributed by atoms with Gasteiger partial charge in [0.25, 0.3) is 0 Å². The molecule has 0 bridgehead atoms. The molecule has 0 N–H and O–H groups in total. The van der Waals surface area contributed by atoms with Gasteiger partial charge < -0.3 is 13.9 Å². The summed E-state index contributed by atoms with van der Waals surface area (Å²) in [4.78, 5) is 2.37. The molecule has 2 heterocycles. The van der Waals surface area contributed by atoms with Gasteiger partial charge in [0.05, 0.1) is 11.0 Å². The standard InChI is InChI=1S/C54H34N2O/c1-3-14-38(15-4-1)55(41-29-27-36-26-25-35-13-7-8-18-42(35)48(36)34-41)40-30-31-43-37(33-40)28-32-51-52(43)53-45(20-12-24-50(53)57-51)47-22-11-21-46-44-19-9-10-23-49(44)56(54(46)47)39-16-5-2-6-17-39/h1-34H. The van der Waals surface area contributed by atoms with Crippen molar-refractivity contribution in [3.05, 3.63) is 206 Å². The maximum Gasteiger partial charge on any atom is 0.136 e. The minimum atomic E-state index is 0.882. The van der Waals surface area contributed by atoms with Gasteiger partial charge in [-0.15, -0.1) is 0 Å². The molecule has 12 rings (SSSR count). The van der Waals surface area contributed by atoms with Gasteiger partial charge in [-0.1, -0.05) is 140 Å². The molecule has 0 atom stereocenters. The van der Waals surface area contributed by atoms with Crippen molar-refractivity contribution in [3.63, 3.8) is 0 Å². The largest absolute Gasteiger partial charge is 0.456 e. The molecule has 266 valence electrons. The van der Waals surface area contributed by atoms with Crippen molar-refractivity contribution < 1.29 is 4.42 Å². The van der Waals surface area contributed by atoms with Crippen LogP contribution in [0, 0.1) is 0 Å². The third kappa shape index (κ3) is 4.86. The Morgan fingerprint density at radius 2 is 0.982 bits per heavy atom. The first-order valence-electron chi connectivity index (χ1n) is 19.5. The van der Waals surface area contributed by atoms with Gasteiger partial charge in [-0.25, -0.2) is 0 Å². The Kier molecular flexibility index (Phi) is 6.93. The second-order valence-corrected chi connectivity index (χ2v) is 14.9. The second kappa shape index (κ2) is 12.5. The first-order chi connectivity index (χ1) is 28.3. The molecule has 0 unspecified atom stereocenters. The van der Waals surface area contributed by atoms with Crippen LogP contribution in [0.4, 0.5) is 17.1 Å². The van der Waals surface area contributed by atoms with Crippen molar-refractivity contribution in [2.75, 3.05) is 4.90 Å². The Bertz CT molecular complexity index is 3520. The van der Waals surface area contributed by atoms with Crippen LogP contribution in [0.5, 0.6) is 0 Å². The third-order valence-corrected chi connectivity index (χ3v) is 11.7. The van der Waals surface area contributed by atoms with E-state index in [1.54, 1.807) is 0 Å². The fourth-order valence-electron chi connectivity index (χ4n) is 9.23. The van der Waals surface area contributed by atoms with Crippen molar-refractivity contribution in [1.82, 2.24) is 4.57 Å². The van der Waals surface area contributed by atoms with Crippen LogP contribution in [0.3, 0.4) is 0 Å². The molecule has 0 spiro atoms. The van der Waals surface area contributed by atoms with Crippen molar-refractivity contribution in [2.45, 2.75) is 0 Å². The molecule has 2 aromatic heterocycles. The third-order valence-electron chi connectivity index (χ3n) is 11.7. The lowest BCUT2D eigenvalue weighted by molar-refractivity contribution is 0.669. The summed E-state index contributed by atoms with van der Waals surface area (Å²) >= 11 is 0. The van der Waals surface area contributed by atoms with Gasteiger partial charge in [0.2, 0.25) is 0 Å². The Balaban J connectivity index is 1.09. The van der Waals surface area contributed by atoms with E-state index in [-0.39, 0.29) is 0 Å². The number of para-hydroxylation sites is 4. The van der Waals surface area contributed by atoms with Crippen molar-refractivity contribution >= 4 is 93.1 Å². The summed E-state index contributed by atoms with van der Waals surface area (Å²) in [6.45, 7) is 0. The highest BCUT2D eigenvalue weighted by Gasteiger charge is 2.21. The molecule has 0 saturated carbocycles. The van der Waals surface area contributed by atoms with E-state index < -0.39 is 0 Å².